The molecule has 1 amide bonds. The van der Waals surface area contributed by atoms with Crippen molar-refractivity contribution in [2.45, 2.75) is 18.9 Å². The van der Waals surface area contributed by atoms with Gasteiger partial charge in [-0.15, -0.1) is 0 Å². The average molecular weight is 344 g/mol. The molecule has 0 bridgehead atoms. The van der Waals surface area contributed by atoms with Gasteiger partial charge in [0, 0.05) is 49.4 Å². The lowest BCUT2D eigenvalue weighted by Crippen LogP contribution is -2.41. The van der Waals surface area contributed by atoms with Gasteiger partial charge in [0.15, 0.2) is 0 Å². The fraction of sp³-hybridized carbons (Fsp3) is 0.278. The molecule has 2 aromatic rings. The molecule has 1 aliphatic rings. The molecule has 24 heavy (non-hydrogen) atoms. The van der Waals surface area contributed by atoms with Gasteiger partial charge in [-0.2, -0.15) is 0 Å². The summed E-state index contributed by atoms with van der Waals surface area (Å²) in [6.45, 7) is 1.33. The van der Waals surface area contributed by atoms with Gasteiger partial charge in [-0.3, -0.25) is 9.78 Å². The Morgan fingerprint density at radius 1 is 1.25 bits per heavy atom. The van der Waals surface area contributed by atoms with E-state index in [0.717, 1.165) is 18.4 Å². The van der Waals surface area contributed by atoms with Crippen molar-refractivity contribution in [3.63, 3.8) is 0 Å². The molecule has 0 saturated carbocycles. The minimum Gasteiger partial charge on any atom is -0.473 e. The highest BCUT2D eigenvalue weighted by atomic mass is 35.5. The zero-order chi connectivity index (χ0) is 16.8. The zero-order valence-electron chi connectivity index (χ0n) is 13.1. The van der Waals surface area contributed by atoms with E-state index in [1.807, 2.05) is 23.1 Å². The van der Waals surface area contributed by atoms with E-state index in [-0.39, 0.29) is 12.0 Å². The Bertz CT molecular complexity index is 713. The van der Waals surface area contributed by atoms with Crippen molar-refractivity contribution >= 4 is 23.6 Å². The number of hydrogen-bond acceptors (Lipinski definition) is 4. The first-order valence-corrected chi connectivity index (χ1v) is 8.24. The van der Waals surface area contributed by atoms with Crippen LogP contribution in [-0.4, -0.2) is 40.0 Å². The number of rotatable bonds is 4. The monoisotopic (exact) mass is 343 g/mol. The van der Waals surface area contributed by atoms with E-state index in [1.54, 1.807) is 36.8 Å². The molecular formula is C18H18ClN3O2. The molecule has 3 rings (SSSR count). The molecule has 0 N–H and O–H groups in total. The van der Waals surface area contributed by atoms with Crippen LogP contribution < -0.4 is 4.74 Å². The van der Waals surface area contributed by atoms with Gasteiger partial charge in [0.2, 0.25) is 11.8 Å². The van der Waals surface area contributed by atoms with Gasteiger partial charge in [0.1, 0.15) is 6.10 Å². The number of nitrogens with zero attached hydrogens (tertiary/aromatic N) is 3. The number of ether oxygens (including phenoxy) is 1. The first kappa shape index (κ1) is 16.5. The van der Waals surface area contributed by atoms with Gasteiger partial charge in [-0.25, -0.2) is 4.98 Å². The lowest BCUT2D eigenvalue weighted by Gasteiger charge is -2.31. The fourth-order valence-electron chi connectivity index (χ4n) is 2.59. The smallest absolute Gasteiger partial charge is 0.246 e. The molecular weight excluding hydrogens is 326 g/mol. The summed E-state index contributed by atoms with van der Waals surface area (Å²) in [6, 6.07) is 7.45. The normalized spacial score (nSPS) is 15.6. The summed E-state index contributed by atoms with van der Waals surface area (Å²) in [5.74, 6) is 0.522. The number of carbonyl (C=O) groups is 1. The second-order valence-corrected chi connectivity index (χ2v) is 5.95. The quantitative estimate of drug-likeness (QED) is 0.800. The number of likely N-dealkylation sites (tertiary alicyclic amines) is 1. The number of carbonyl (C=O) groups excluding carboxylic acids is 1. The predicted molar refractivity (Wildman–Crippen MR) is 92.7 cm³/mol. The van der Waals surface area contributed by atoms with Gasteiger partial charge >= 0.3 is 0 Å². The highest BCUT2D eigenvalue weighted by molar-refractivity contribution is 6.32. The second kappa shape index (κ2) is 7.93. The maximum atomic E-state index is 12.3. The fourth-order valence-corrected chi connectivity index (χ4v) is 2.79. The minimum atomic E-state index is -0.00660. The second-order valence-electron chi connectivity index (χ2n) is 5.54. The summed E-state index contributed by atoms with van der Waals surface area (Å²) in [7, 11) is 0. The number of halogens is 1. The number of aromatic nitrogens is 2. The van der Waals surface area contributed by atoms with E-state index in [9.17, 15) is 4.79 Å². The Morgan fingerprint density at radius 3 is 2.75 bits per heavy atom. The van der Waals surface area contributed by atoms with Crippen molar-refractivity contribution in [3.8, 4) is 5.88 Å². The summed E-state index contributed by atoms with van der Waals surface area (Å²) in [5, 5.41) is 0.637. The molecule has 1 fully saturated rings. The molecule has 0 aliphatic carbocycles. The Kier molecular flexibility index (Phi) is 5.43. The van der Waals surface area contributed by atoms with Crippen LogP contribution in [0.15, 0.2) is 48.9 Å². The molecule has 0 atom stereocenters. The first-order chi connectivity index (χ1) is 11.7. The van der Waals surface area contributed by atoms with Crippen LogP contribution in [0.3, 0.4) is 0 Å². The molecule has 5 nitrogen and oxygen atoms in total. The highest BCUT2D eigenvalue weighted by Crippen LogP contribution is 2.18. The maximum Gasteiger partial charge on any atom is 0.246 e. The molecule has 0 spiro atoms. The van der Waals surface area contributed by atoms with Crippen LogP contribution in [0.2, 0.25) is 5.02 Å². The lowest BCUT2D eigenvalue weighted by atomic mass is 10.1. The summed E-state index contributed by atoms with van der Waals surface area (Å²) in [5.41, 5.74) is 0.841. The minimum absolute atomic E-state index is 0.00660. The maximum absolute atomic E-state index is 12.3. The van der Waals surface area contributed by atoms with Crippen LogP contribution in [-0.2, 0) is 4.79 Å². The molecule has 1 saturated heterocycles. The van der Waals surface area contributed by atoms with Gasteiger partial charge < -0.3 is 9.64 Å². The Labute approximate surface area is 145 Å². The molecule has 1 aliphatic heterocycles. The lowest BCUT2D eigenvalue weighted by molar-refractivity contribution is -0.127. The molecule has 124 valence electrons. The summed E-state index contributed by atoms with van der Waals surface area (Å²) < 4.78 is 5.78. The van der Waals surface area contributed by atoms with Crippen LogP contribution >= 0.6 is 11.6 Å². The van der Waals surface area contributed by atoms with Crippen molar-refractivity contribution in [1.82, 2.24) is 14.9 Å². The van der Waals surface area contributed by atoms with Gasteiger partial charge in [0.05, 0.1) is 6.20 Å². The summed E-state index contributed by atoms with van der Waals surface area (Å²) in [6.07, 6.45) is 9.78. The standard InChI is InChI=1S/C18H18ClN3O2/c19-16-4-2-1-3-14(16)5-6-18(23)22-11-7-15(8-12-22)24-17-13-20-9-10-21-17/h1-6,9-10,13,15H,7-8,11-12H2/b6-5+. The van der Waals surface area contributed by atoms with Gasteiger partial charge in [-0.05, 0) is 17.7 Å². The number of piperidine rings is 1. The molecule has 1 aromatic carbocycles. The van der Waals surface area contributed by atoms with Crippen molar-refractivity contribution < 1.29 is 9.53 Å². The summed E-state index contributed by atoms with van der Waals surface area (Å²) >= 11 is 6.09. The number of hydrogen-bond donors (Lipinski definition) is 0. The topological polar surface area (TPSA) is 55.3 Å². The third-order valence-corrected chi connectivity index (χ3v) is 4.24. The Balaban J connectivity index is 1.51. The molecule has 1 aromatic heterocycles. The largest absolute Gasteiger partial charge is 0.473 e. The van der Waals surface area contributed by atoms with E-state index in [4.69, 9.17) is 16.3 Å². The van der Waals surface area contributed by atoms with E-state index in [1.165, 1.54) is 0 Å². The van der Waals surface area contributed by atoms with Crippen LogP contribution in [0.5, 0.6) is 5.88 Å². The molecule has 6 heteroatoms. The summed E-state index contributed by atoms with van der Waals surface area (Å²) in [4.78, 5) is 22.2. The van der Waals surface area contributed by atoms with Crippen LogP contribution in [0.1, 0.15) is 18.4 Å². The Hall–Kier alpha value is -2.40. The van der Waals surface area contributed by atoms with Gasteiger partial charge in [0.25, 0.3) is 0 Å². The average Bonchev–Trinajstić information content (AvgIpc) is 2.62. The molecule has 0 radical (unpaired) electrons. The zero-order valence-corrected chi connectivity index (χ0v) is 13.9. The van der Waals surface area contributed by atoms with Crippen molar-refractivity contribution in [2.24, 2.45) is 0 Å². The van der Waals surface area contributed by atoms with E-state index >= 15 is 0 Å². The molecule has 2 heterocycles. The van der Waals surface area contributed by atoms with Crippen LogP contribution in [0.4, 0.5) is 0 Å². The number of amides is 1. The predicted octanol–water partition coefficient (Wildman–Crippen LogP) is 3.21. The first-order valence-electron chi connectivity index (χ1n) is 7.86. The Morgan fingerprint density at radius 2 is 2.04 bits per heavy atom. The van der Waals surface area contributed by atoms with Crippen molar-refractivity contribution in [1.29, 1.82) is 0 Å². The van der Waals surface area contributed by atoms with Crippen LogP contribution in [0, 0.1) is 0 Å². The van der Waals surface area contributed by atoms with E-state index in [0.29, 0.717) is 24.0 Å². The van der Waals surface area contributed by atoms with Gasteiger partial charge in [-0.1, -0.05) is 29.8 Å². The van der Waals surface area contributed by atoms with E-state index in [2.05, 4.69) is 9.97 Å². The van der Waals surface area contributed by atoms with Crippen molar-refractivity contribution in [3.05, 3.63) is 59.5 Å². The van der Waals surface area contributed by atoms with E-state index < -0.39 is 0 Å². The molecule has 0 unspecified atom stereocenters. The number of benzene rings is 1. The SMILES string of the molecule is O=C(/C=C/c1ccccc1Cl)N1CCC(Oc2cnccn2)CC1. The van der Waals surface area contributed by atoms with Crippen molar-refractivity contribution in [2.75, 3.05) is 13.1 Å². The third kappa shape index (κ3) is 4.32. The van der Waals surface area contributed by atoms with Crippen LogP contribution in [0.25, 0.3) is 6.08 Å². The highest BCUT2D eigenvalue weighted by Gasteiger charge is 2.23. The third-order valence-electron chi connectivity index (χ3n) is 3.89.